The van der Waals surface area contributed by atoms with Gasteiger partial charge in [0, 0.05) is 24.9 Å². The van der Waals surface area contributed by atoms with Gasteiger partial charge in [-0.05, 0) is 24.1 Å². The van der Waals surface area contributed by atoms with Crippen molar-refractivity contribution in [2.75, 3.05) is 13.1 Å². The van der Waals surface area contributed by atoms with Crippen LogP contribution in [-0.2, 0) is 6.42 Å². The van der Waals surface area contributed by atoms with Crippen LogP contribution in [-0.4, -0.2) is 23.1 Å². The van der Waals surface area contributed by atoms with Crippen LogP contribution in [0.3, 0.4) is 0 Å². The van der Waals surface area contributed by atoms with Crippen LogP contribution in [0.4, 0.5) is 0 Å². The van der Waals surface area contributed by atoms with Gasteiger partial charge in [-0.1, -0.05) is 37.3 Å². The minimum absolute atomic E-state index is 0.470. The second-order valence-corrected chi connectivity index (χ2v) is 4.37. The highest BCUT2D eigenvalue weighted by Crippen LogP contribution is 2.19. The number of nitrogens with one attached hydrogen (secondary N) is 1. The maximum atomic E-state index is 4.08. The number of nitrogens with zero attached hydrogens (tertiary/aromatic N) is 2. The molecule has 0 saturated carbocycles. The van der Waals surface area contributed by atoms with Crippen LogP contribution in [0, 0.1) is 0 Å². The van der Waals surface area contributed by atoms with Crippen molar-refractivity contribution < 1.29 is 0 Å². The summed E-state index contributed by atoms with van der Waals surface area (Å²) in [4.78, 5) is 8.16. The van der Waals surface area contributed by atoms with Gasteiger partial charge in [0.25, 0.3) is 0 Å². The Bertz CT molecular complexity index is 442. The Hall–Kier alpha value is -1.74. The summed E-state index contributed by atoms with van der Waals surface area (Å²) in [5.41, 5.74) is 2.55. The van der Waals surface area contributed by atoms with Crippen molar-refractivity contribution in [1.82, 2.24) is 15.3 Å². The zero-order chi connectivity index (χ0) is 12.6. The summed E-state index contributed by atoms with van der Waals surface area (Å²) in [6, 6.07) is 10.6. The molecule has 0 saturated heterocycles. The number of likely N-dealkylation sites (N-methyl/N-ethyl adjacent to an activating group) is 1. The molecule has 0 bridgehead atoms. The summed E-state index contributed by atoms with van der Waals surface area (Å²) in [7, 11) is 0. The third kappa shape index (κ3) is 3.64. The molecule has 0 amide bonds. The fourth-order valence-corrected chi connectivity index (χ4v) is 2.07. The van der Waals surface area contributed by atoms with E-state index in [9.17, 15) is 0 Å². The monoisotopic (exact) mass is 241 g/mol. The molecule has 18 heavy (non-hydrogen) atoms. The summed E-state index contributed by atoms with van der Waals surface area (Å²) in [6.07, 6.45) is 6.34. The quantitative estimate of drug-likeness (QED) is 0.844. The first-order chi connectivity index (χ1) is 8.90. The van der Waals surface area contributed by atoms with E-state index in [0.717, 1.165) is 19.5 Å². The molecular formula is C15H19N3. The molecule has 1 atom stereocenters. The van der Waals surface area contributed by atoms with Gasteiger partial charge in [-0.15, -0.1) is 0 Å². The largest absolute Gasteiger partial charge is 0.316 e. The molecule has 94 valence electrons. The first-order valence-corrected chi connectivity index (χ1v) is 6.39. The number of benzene rings is 1. The first-order valence-electron chi connectivity index (χ1n) is 6.39. The van der Waals surface area contributed by atoms with Crippen molar-refractivity contribution >= 4 is 0 Å². The third-order valence-corrected chi connectivity index (χ3v) is 3.01. The van der Waals surface area contributed by atoms with E-state index in [1.54, 1.807) is 6.33 Å². The van der Waals surface area contributed by atoms with Crippen molar-refractivity contribution in [3.8, 4) is 0 Å². The zero-order valence-electron chi connectivity index (χ0n) is 10.7. The molecule has 3 nitrogen and oxygen atoms in total. The maximum absolute atomic E-state index is 4.08. The normalized spacial score (nSPS) is 12.3. The smallest absolute Gasteiger partial charge is 0.115 e. The van der Waals surface area contributed by atoms with Crippen LogP contribution in [0.2, 0.25) is 0 Å². The summed E-state index contributed by atoms with van der Waals surface area (Å²) in [5.74, 6) is 0.470. The Morgan fingerprint density at radius 2 is 1.83 bits per heavy atom. The van der Waals surface area contributed by atoms with Crippen LogP contribution >= 0.6 is 0 Å². The van der Waals surface area contributed by atoms with Gasteiger partial charge in [0.05, 0.1) is 0 Å². The van der Waals surface area contributed by atoms with E-state index in [-0.39, 0.29) is 0 Å². The average molecular weight is 241 g/mol. The molecule has 1 heterocycles. The SMILES string of the molecule is CCNCC(Cc1cncnc1)c1ccccc1. The van der Waals surface area contributed by atoms with E-state index in [2.05, 4.69) is 52.5 Å². The number of hydrogen-bond acceptors (Lipinski definition) is 3. The number of rotatable bonds is 6. The first kappa shape index (κ1) is 12.7. The van der Waals surface area contributed by atoms with Crippen molar-refractivity contribution in [3.05, 3.63) is 60.2 Å². The van der Waals surface area contributed by atoms with E-state index in [1.807, 2.05) is 12.4 Å². The van der Waals surface area contributed by atoms with Crippen molar-refractivity contribution in [2.45, 2.75) is 19.3 Å². The van der Waals surface area contributed by atoms with Gasteiger partial charge in [-0.25, -0.2) is 9.97 Å². The molecule has 1 unspecified atom stereocenters. The maximum Gasteiger partial charge on any atom is 0.115 e. The van der Waals surface area contributed by atoms with Crippen molar-refractivity contribution in [2.24, 2.45) is 0 Å². The van der Waals surface area contributed by atoms with Crippen LogP contribution in [0.15, 0.2) is 49.1 Å². The highest BCUT2D eigenvalue weighted by Gasteiger charge is 2.11. The molecule has 0 radical (unpaired) electrons. The Balaban J connectivity index is 2.10. The average Bonchev–Trinajstić information content (AvgIpc) is 2.45. The Kier molecular flexibility index (Phi) is 4.85. The molecule has 3 heteroatoms. The Labute approximate surface area is 108 Å². The predicted molar refractivity (Wildman–Crippen MR) is 73.5 cm³/mol. The van der Waals surface area contributed by atoms with Crippen LogP contribution in [0.25, 0.3) is 0 Å². The molecule has 0 spiro atoms. The lowest BCUT2D eigenvalue weighted by molar-refractivity contribution is 0.593. The van der Waals surface area contributed by atoms with Crippen molar-refractivity contribution in [1.29, 1.82) is 0 Å². The van der Waals surface area contributed by atoms with Crippen LogP contribution in [0.5, 0.6) is 0 Å². The van der Waals surface area contributed by atoms with Gasteiger partial charge in [0.15, 0.2) is 0 Å². The van der Waals surface area contributed by atoms with E-state index in [0.29, 0.717) is 5.92 Å². The van der Waals surface area contributed by atoms with Gasteiger partial charge in [-0.3, -0.25) is 0 Å². The van der Waals surface area contributed by atoms with Gasteiger partial charge >= 0.3 is 0 Å². The summed E-state index contributed by atoms with van der Waals surface area (Å²) in [6.45, 7) is 4.11. The Morgan fingerprint density at radius 1 is 1.11 bits per heavy atom. The van der Waals surface area contributed by atoms with Crippen LogP contribution in [0.1, 0.15) is 24.0 Å². The molecular weight excluding hydrogens is 222 g/mol. The second kappa shape index (κ2) is 6.87. The second-order valence-electron chi connectivity index (χ2n) is 4.37. The molecule has 1 N–H and O–H groups in total. The summed E-state index contributed by atoms with van der Waals surface area (Å²) < 4.78 is 0. The predicted octanol–water partition coefficient (Wildman–Crippen LogP) is 2.41. The van der Waals surface area contributed by atoms with E-state index in [1.165, 1.54) is 11.1 Å². The minimum Gasteiger partial charge on any atom is -0.316 e. The molecule has 0 aliphatic rings. The fourth-order valence-electron chi connectivity index (χ4n) is 2.07. The van der Waals surface area contributed by atoms with Crippen LogP contribution < -0.4 is 5.32 Å². The zero-order valence-corrected chi connectivity index (χ0v) is 10.7. The molecule has 0 aliphatic carbocycles. The molecule has 1 aromatic carbocycles. The number of aromatic nitrogens is 2. The van der Waals surface area contributed by atoms with Crippen molar-refractivity contribution in [3.63, 3.8) is 0 Å². The third-order valence-electron chi connectivity index (χ3n) is 3.01. The molecule has 0 fully saturated rings. The molecule has 2 rings (SSSR count). The van der Waals surface area contributed by atoms with E-state index < -0.39 is 0 Å². The highest BCUT2D eigenvalue weighted by atomic mass is 14.8. The molecule has 0 aliphatic heterocycles. The van der Waals surface area contributed by atoms with Gasteiger partial charge < -0.3 is 5.32 Å². The molecule has 2 aromatic rings. The summed E-state index contributed by atoms with van der Waals surface area (Å²) in [5, 5.41) is 3.43. The lowest BCUT2D eigenvalue weighted by Gasteiger charge is -2.17. The lowest BCUT2D eigenvalue weighted by atomic mass is 9.93. The molecule has 1 aromatic heterocycles. The van der Waals surface area contributed by atoms with E-state index in [4.69, 9.17) is 0 Å². The minimum atomic E-state index is 0.470. The van der Waals surface area contributed by atoms with Gasteiger partial charge in [-0.2, -0.15) is 0 Å². The fraction of sp³-hybridized carbons (Fsp3) is 0.333. The van der Waals surface area contributed by atoms with Gasteiger partial charge in [0.1, 0.15) is 6.33 Å². The topological polar surface area (TPSA) is 37.8 Å². The standard InChI is InChI=1S/C15H19N3/c1-2-16-11-15(14-6-4-3-5-7-14)8-13-9-17-12-18-10-13/h3-7,9-10,12,15-16H,2,8,11H2,1H3. The van der Waals surface area contributed by atoms with E-state index >= 15 is 0 Å². The lowest BCUT2D eigenvalue weighted by Crippen LogP contribution is -2.22. The highest BCUT2D eigenvalue weighted by molar-refractivity contribution is 5.22. The Morgan fingerprint density at radius 3 is 2.50 bits per heavy atom. The van der Waals surface area contributed by atoms with Gasteiger partial charge in [0.2, 0.25) is 0 Å². The number of hydrogen-bond donors (Lipinski definition) is 1. The summed E-state index contributed by atoms with van der Waals surface area (Å²) >= 11 is 0.